The predicted octanol–water partition coefficient (Wildman–Crippen LogP) is 3.55. The number of nitrogens with one attached hydrogen (secondary N) is 1. The fourth-order valence-electron chi connectivity index (χ4n) is 2.11. The van der Waals surface area contributed by atoms with Crippen molar-refractivity contribution < 1.29 is 19.2 Å². The number of aryl methyl sites for hydroxylation is 1. The van der Waals surface area contributed by atoms with E-state index in [0.717, 1.165) is 6.42 Å². The van der Waals surface area contributed by atoms with Crippen LogP contribution in [0.25, 0.3) is 0 Å². The van der Waals surface area contributed by atoms with Crippen LogP contribution in [0.4, 0.5) is 11.4 Å². The third-order valence-electron chi connectivity index (χ3n) is 3.39. The first-order chi connectivity index (χ1) is 12.0. The van der Waals surface area contributed by atoms with Gasteiger partial charge in [0.15, 0.2) is 6.10 Å². The summed E-state index contributed by atoms with van der Waals surface area (Å²) in [5, 5.41) is 15.2. The Balaban J connectivity index is 1.78. The molecule has 0 fully saturated rings. The van der Waals surface area contributed by atoms with Crippen LogP contribution >= 0.6 is 11.3 Å². The van der Waals surface area contributed by atoms with E-state index in [1.807, 2.05) is 17.5 Å². The van der Waals surface area contributed by atoms with Crippen LogP contribution in [0, 0.1) is 10.1 Å². The van der Waals surface area contributed by atoms with E-state index >= 15 is 0 Å². The molecule has 1 N–H and O–H groups in total. The van der Waals surface area contributed by atoms with Crippen LogP contribution in [-0.4, -0.2) is 22.9 Å². The molecule has 132 valence electrons. The average molecular weight is 362 g/mol. The Bertz CT molecular complexity index is 745. The summed E-state index contributed by atoms with van der Waals surface area (Å²) in [5.41, 5.74) is 0.149. The van der Waals surface area contributed by atoms with Gasteiger partial charge in [-0.3, -0.25) is 19.7 Å². The van der Waals surface area contributed by atoms with Crippen molar-refractivity contribution in [1.29, 1.82) is 0 Å². The summed E-state index contributed by atoms with van der Waals surface area (Å²) in [6, 6.07) is 9.53. The molecule has 0 radical (unpaired) electrons. The number of amides is 1. The summed E-state index contributed by atoms with van der Waals surface area (Å²) in [4.78, 5) is 35.2. The summed E-state index contributed by atoms with van der Waals surface area (Å²) in [5.74, 6) is -0.981. The number of hydrogen-bond donors (Lipinski definition) is 1. The standard InChI is InChI=1S/C17H18N2O5S/c1-12(24-16(20)9-3-7-15-8-4-10-25-15)17(21)18-13-5-2-6-14(11-13)19(22)23/h2,4-6,8,10-12H,3,7,9H2,1H3,(H,18,21). The Morgan fingerprint density at radius 1 is 1.32 bits per heavy atom. The van der Waals surface area contributed by atoms with Gasteiger partial charge >= 0.3 is 5.97 Å². The number of carbonyl (C=O) groups excluding carboxylic acids is 2. The summed E-state index contributed by atoms with van der Waals surface area (Å²) in [7, 11) is 0. The molecule has 8 heteroatoms. The van der Waals surface area contributed by atoms with E-state index in [0.29, 0.717) is 6.42 Å². The number of thiophene rings is 1. The Morgan fingerprint density at radius 2 is 2.12 bits per heavy atom. The van der Waals surface area contributed by atoms with Crippen molar-refractivity contribution in [1.82, 2.24) is 0 Å². The van der Waals surface area contributed by atoms with Gasteiger partial charge in [-0.1, -0.05) is 12.1 Å². The zero-order valence-corrected chi connectivity index (χ0v) is 14.5. The molecule has 1 amide bonds. The van der Waals surface area contributed by atoms with E-state index in [2.05, 4.69) is 5.32 Å². The number of ether oxygens (including phenoxy) is 1. The summed E-state index contributed by atoms with van der Waals surface area (Å²) >= 11 is 1.63. The van der Waals surface area contributed by atoms with Crippen LogP contribution in [-0.2, 0) is 20.7 Å². The molecule has 0 aliphatic carbocycles. The molecule has 1 atom stereocenters. The molecule has 1 heterocycles. The second-order valence-electron chi connectivity index (χ2n) is 5.36. The van der Waals surface area contributed by atoms with E-state index in [-0.39, 0.29) is 17.8 Å². The van der Waals surface area contributed by atoms with E-state index in [9.17, 15) is 19.7 Å². The fourth-order valence-corrected chi connectivity index (χ4v) is 2.86. The zero-order valence-electron chi connectivity index (χ0n) is 13.6. The molecular weight excluding hydrogens is 344 g/mol. The van der Waals surface area contributed by atoms with Crippen molar-refractivity contribution in [2.75, 3.05) is 5.32 Å². The zero-order chi connectivity index (χ0) is 18.2. The quantitative estimate of drug-likeness (QED) is 0.440. The lowest BCUT2D eigenvalue weighted by molar-refractivity contribution is -0.384. The molecule has 1 unspecified atom stereocenters. The third-order valence-corrected chi connectivity index (χ3v) is 4.32. The minimum atomic E-state index is -0.978. The molecular formula is C17H18N2O5S. The molecule has 0 aliphatic heterocycles. The lowest BCUT2D eigenvalue weighted by atomic mass is 10.2. The maximum atomic E-state index is 12.0. The van der Waals surface area contributed by atoms with E-state index in [1.54, 1.807) is 11.3 Å². The highest BCUT2D eigenvalue weighted by molar-refractivity contribution is 7.09. The monoisotopic (exact) mass is 362 g/mol. The van der Waals surface area contributed by atoms with Gasteiger partial charge < -0.3 is 10.1 Å². The number of carbonyl (C=O) groups is 2. The molecule has 1 aromatic carbocycles. The number of nitrogens with zero attached hydrogens (tertiary/aromatic N) is 1. The van der Waals surface area contributed by atoms with E-state index < -0.39 is 22.9 Å². The van der Waals surface area contributed by atoms with Crippen molar-refractivity contribution in [3.05, 3.63) is 56.8 Å². The van der Waals surface area contributed by atoms with Gasteiger partial charge in [-0.15, -0.1) is 11.3 Å². The van der Waals surface area contributed by atoms with Gasteiger partial charge in [-0.05, 0) is 37.3 Å². The number of non-ortho nitro benzene ring substituents is 1. The topological polar surface area (TPSA) is 98.5 Å². The van der Waals surface area contributed by atoms with Gasteiger partial charge in [0.1, 0.15) is 0 Å². The molecule has 0 bridgehead atoms. The Hall–Kier alpha value is -2.74. The third kappa shape index (κ3) is 6.00. The lowest BCUT2D eigenvalue weighted by Crippen LogP contribution is -2.29. The number of rotatable bonds is 8. The van der Waals surface area contributed by atoms with Crippen LogP contribution in [0.5, 0.6) is 0 Å². The van der Waals surface area contributed by atoms with Crippen LogP contribution in [0.3, 0.4) is 0 Å². The van der Waals surface area contributed by atoms with Gasteiger partial charge in [-0.25, -0.2) is 0 Å². The highest BCUT2D eigenvalue weighted by Crippen LogP contribution is 2.17. The largest absolute Gasteiger partial charge is 0.453 e. The summed E-state index contributed by atoms with van der Waals surface area (Å²) in [6.45, 7) is 1.46. The summed E-state index contributed by atoms with van der Waals surface area (Å²) < 4.78 is 5.10. The maximum absolute atomic E-state index is 12.0. The molecule has 2 rings (SSSR count). The molecule has 2 aromatic rings. The Kier molecular flexibility index (Phi) is 6.64. The molecule has 0 aliphatic rings. The van der Waals surface area contributed by atoms with Gasteiger partial charge in [0.25, 0.3) is 11.6 Å². The van der Waals surface area contributed by atoms with Gasteiger partial charge in [-0.2, -0.15) is 0 Å². The maximum Gasteiger partial charge on any atom is 0.306 e. The van der Waals surface area contributed by atoms with Crippen LogP contribution in [0.2, 0.25) is 0 Å². The molecule has 1 aromatic heterocycles. The van der Waals surface area contributed by atoms with Crippen molar-refractivity contribution in [2.45, 2.75) is 32.3 Å². The van der Waals surface area contributed by atoms with Crippen molar-refractivity contribution in [3.8, 4) is 0 Å². The number of nitro groups is 1. The highest BCUT2D eigenvalue weighted by Gasteiger charge is 2.18. The number of anilines is 1. The first-order valence-electron chi connectivity index (χ1n) is 7.73. The first kappa shape index (κ1) is 18.6. The van der Waals surface area contributed by atoms with Crippen LogP contribution < -0.4 is 5.32 Å². The lowest BCUT2D eigenvalue weighted by Gasteiger charge is -2.13. The SMILES string of the molecule is CC(OC(=O)CCCc1cccs1)C(=O)Nc1cccc([N+](=O)[O-])c1. The van der Waals surface area contributed by atoms with Gasteiger partial charge in [0.05, 0.1) is 4.92 Å². The van der Waals surface area contributed by atoms with Crippen LogP contribution in [0.15, 0.2) is 41.8 Å². The smallest absolute Gasteiger partial charge is 0.306 e. The molecule has 0 saturated heterocycles. The average Bonchev–Trinajstić information content (AvgIpc) is 3.08. The van der Waals surface area contributed by atoms with Crippen molar-refractivity contribution >= 4 is 34.6 Å². The van der Waals surface area contributed by atoms with Crippen LogP contribution in [0.1, 0.15) is 24.6 Å². The highest BCUT2D eigenvalue weighted by atomic mass is 32.1. The number of nitro benzene ring substituents is 1. The fraction of sp³-hybridized carbons (Fsp3) is 0.294. The van der Waals surface area contributed by atoms with E-state index in [4.69, 9.17) is 4.74 Å². The summed E-state index contributed by atoms with van der Waals surface area (Å²) in [6.07, 6.45) is 0.694. The van der Waals surface area contributed by atoms with Crippen molar-refractivity contribution in [3.63, 3.8) is 0 Å². The number of esters is 1. The normalized spacial score (nSPS) is 11.6. The number of benzene rings is 1. The van der Waals surface area contributed by atoms with Gasteiger partial charge in [0, 0.05) is 29.1 Å². The van der Waals surface area contributed by atoms with Crippen molar-refractivity contribution in [2.24, 2.45) is 0 Å². The Labute approximate surface area is 148 Å². The Morgan fingerprint density at radius 3 is 2.80 bits per heavy atom. The molecule has 0 saturated carbocycles. The second kappa shape index (κ2) is 8.93. The molecule has 0 spiro atoms. The minimum absolute atomic E-state index is 0.129. The second-order valence-corrected chi connectivity index (χ2v) is 6.39. The minimum Gasteiger partial charge on any atom is -0.453 e. The van der Waals surface area contributed by atoms with E-state index in [1.165, 1.54) is 36.1 Å². The molecule has 7 nitrogen and oxygen atoms in total. The first-order valence-corrected chi connectivity index (χ1v) is 8.61. The van der Waals surface area contributed by atoms with Gasteiger partial charge in [0.2, 0.25) is 0 Å². The predicted molar refractivity (Wildman–Crippen MR) is 94.5 cm³/mol. The number of hydrogen-bond acceptors (Lipinski definition) is 6. The molecule has 25 heavy (non-hydrogen) atoms.